The third-order valence-corrected chi connectivity index (χ3v) is 4.14. The van der Waals surface area contributed by atoms with Gasteiger partial charge in [0.2, 0.25) is 5.91 Å². The third-order valence-electron chi connectivity index (χ3n) is 3.21. The monoisotopic (exact) mass is 297 g/mol. The number of nitrogens with one attached hydrogen (secondary N) is 2. The highest BCUT2D eigenvalue weighted by Gasteiger charge is 2.16. The Balaban J connectivity index is 1.58. The zero-order chi connectivity index (χ0) is 14.2. The zero-order valence-corrected chi connectivity index (χ0v) is 12.7. The first kappa shape index (κ1) is 15.4. The van der Waals surface area contributed by atoms with Crippen LogP contribution in [-0.2, 0) is 16.0 Å². The number of carbonyl (C=O) groups excluding carboxylic acids is 1. The predicted octanol–water partition coefficient (Wildman–Crippen LogP) is 0.327. The summed E-state index contributed by atoms with van der Waals surface area (Å²) in [6.45, 7) is 4.45. The SMILES string of the molecule is CN(CC(=O)NCCc1cccs1)CC1CNCCO1. The van der Waals surface area contributed by atoms with Gasteiger partial charge in [-0.1, -0.05) is 6.07 Å². The Bertz CT molecular complexity index is 391. The van der Waals surface area contributed by atoms with Gasteiger partial charge in [0.05, 0.1) is 19.3 Å². The third kappa shape index (κ3) is 5.58. The second-order valence-corrected chi connectivity index (χ2v) is 6.11. The smallest absolute Gasteiger partial charge is 0.234 e. The van der Waals surface area contributed by atoms with Crippen LogP contribution in [-0.4, -0.2) is 63.3 Å². The molecule has 1 atom stereocenters. The number of rotatable bonds is 7. The van der Waals surface area contributed by atoms with Crippen molar-refractivity contribution in [1.29, 1.82) is 0 Å². The summed E-state index contributed by atoms with van der Waals surface area (Å²) in [6.07, 6.45) is 1.09. The fourth-order valence-corrected chi connectivity index (χ4v) is 2.94. The molecule has 2 N–H and O–H groups in total. The van der Waals surface area contributed by atoms with Crippen LogP contribution in [0.3, 0.4) is 0 Å². The molecule has 2 rings (SSSR count). The molecule has 1 unspecified atom stereocenters. The molecule has 1 fully saturated rings. The molecule has 0 saturated carbocycles. The maximum Gasteiger partial charge on any atom is 0.234 e. The average molecular weight is 297 g/mol. The van der Waals surface area contributed by atoms with Crippen LogP contribution >= 0.6 is 11.3 Å². The maximum absolute atomic E-state index is 11.8. The lowest BCUT2D eigenvalue weighted by Crippen LogP contribution is -2.46. The van der Waals surface area contributed by atoms with E-state index in [1.54, 1.807) is 11.3 Å². The molecule has 1 saturated heterocycles. The molecule has 0 radical (unpaired) electrons. The molecule has 0 aliphatic carbocycles. The minimum absolute atomic E-state index is 0.0767. The summed E-state index contributed by atoms with van der Waals surface area (Å²) >= 11 is 1.73. The molecule has 2 heterocycles. The number of nitrogens with zero attached hydrogens (tertiary/aromatic N) is 1. The molecule has 1 amide bonds. The number of morpholine rings is 1. The largest absolute Gasteiger partial charge is 0.374 e. The van der Waals surface area contributed by atoms with Gasteiger partial charge >= 0.3 is 0 Å². The van der Waals surface area contributed by atoms with E-state index in [-0.39, 0.29) is 12.0 Å². The minimum Gasteiger partial charge on any atom is -0.374 e. The molecule has 0 spiro atoms. The van der Waals surface area contributed by atoms with Crippen LogP contribution in [0.4, 0.5) is 0 Å². The van der Waals surface area contributed by atoms with E-state index < -0.39 is 0 Å². The fourth-order valence-electron chi connectivity index (χ4n) is 2.23. The van der Waals surface area contributed by atoms with Gasteiger partial charge in [-0.3, -0.25) is 9.69 Å². The van der Waals surface area contributed by atoms with Crippen molar-refractivity contribution in [3.8, 4) is 0 Å². The van der Waals surface area contributed by atoms with Crippen molar-refractivity contribution in [2.75, 3.05) is 46.4 Å². The first-order chi connectivity index (χ1) is 9.74. The first-order valence-electron chi connectivity index (χ1n) is 7.04. The van der Waals surface area contributed by atoms with Gasteiger partial charge in [0.15, 0.2) is 0 Å². The van der Waals surface area contributed by atoms with Crippen molar-refractivity contribution in [2.45, 2.75) is 12.5 Å². The van der Waals surface area contributed by atoms with Crippen LogP contribution in [0.25, 0.3) is 0 Å². The number of ether oxygens (including phenoxy) is 1. The normalized spacial score (nSPS) is 19.2. The van der Waals surface area contributed by atoms with Gasteiger partial charge in [-0.05, 0) is 24.9 Å². The van der Waals surface area contributed by atoms with Gasteiger partial charge < -0.3 is 15.4 Å². The van der Waals surface area contributed by atoms with Crippen LogP contribution in [0, 0.1) is 0 Å². The fraction of sp³-hybridized carbons (Fsp3) is 0.643. The number of likely N-dealkylation sites (N-methyl/N-ethyl adjacent to an activating group) is 1. The van der Waals surface area contributed by atoms with E-state index in [9.17, 15) is 4.79 Å². The van der Waals surface area contributed by atoms with E-state index in [4.69, 9.17) is 4.74 Å². The zero-order valence-electron chi connectivity index (χ0n) is 11.9. The molecule has 20 heavy (non-hydrogen) atoms. The number of hydrogen-bond acceptors (Lipinski definition) is 5. The molecule has 112 valence electrons. The average Bonchev–Trinajstić information content (AvgIpc) is 2.93. The Morgan fingerprint density at radius 3 is 3.25 bits per heavy atom. The molecular formula is C14H23N3O2S. The van der Waals surface area contributed by atoms with Crippen LogP contribution in [0.2, 0.25) is 0 Å². The Morgan fingerprint density at radius 2 is 2.55 bits per heavy atom. The molecule has 0 bridgehead atoms. The van der Waals surface area contributed by atoms with Crippen molar-refractivity contribution in [3.05, 3.63) is 22.4 Å². The first-order valence-corrected chi connectivity index (χ1v) is 7.92. The van der Waals surface area contributed by atoms with Crippen molar-refractivity contribution in [1.82, 2.24) is 15.5 Å². The number of carbonyl (C=O) groups is 1. The Hall–Kier alpha value is -0.950. The van der Waals surface area contributed by atoms with E-state index in [2.05, 4.69) is 22.1 Å². The minimum atomic E-state index is 0.0767. The highest BCUT2D eigenvalue weighted by Crippen LogP contribution is 2.08. The van der Waals surface area contributed by atoms with Crippen LogP contribution in [0.5, 0.6) is 0 Å². The summed E-state index contributed by atoms with van der Waals surface area (Å²) in [5.41, 5.74) is 0. The van der Waals surface area contributed by atoms with E-state index in [0.29, 0.717) is 13.1 Å². The Kier molecular flexibility index (Phi) is 6.46. The Morgan fingerprint density at radius 1 is 1.65 bits per heavy atom. The van der Waals surface area contributed by atoms with Gasteiger partial charge in [0.25, 0.3) is 0 Å². The van der Waals surface area contributed by atoms with Crippen LogP contribution < -0.4 is 10.6 Å². The highest BCUT2D eigenvalue weighted by atomic mass is 32.1. The van der Waals surface area contributed by atoms with Gasteiger partial charge in [-0.2, -0.15) is 0 Å². The summed E-state index contributed by atoms with van der Waals surface area (Å²) in [5, 5.41) is 8.31. The van der Waals surface area contributed by atoms with E-state index in [1.807, 2.05) is 18.0 Å². The van der Waals surface area contributed by atoms with Crippen LogP contribution in [0.1, 0.15) is 4.88 Å². The van der Waals surface area contributed by atoms with Gasteiger partial charge in [0, 0.05) is 31.1 Å². The van der Waals surface area contributed by atoms with Crippen molar-refractivity contribution in [3.63, 3.8) is 0 Å². The Labute approximate surface area is 124 Å². The molecule has 1 aliphatic heterocycles. The molecule has 5 nitrogen and oxygen atoms in total. The van der Waals surface area contributed by atoms with Crippen molar-refractivity contribution in [2.24, 2.45) is 0 Å². The molecule has 1 aromatic rings. The maximum atomic E-state index is 11.8. The lowest BCUT2D eigenvalue weighted by atomic mass is 10.3. The molecule has 1 aliphatic rings. The van der Waals surface area contributed by atoms with E-state index in [1.165, 1.54) is 4.88 Å². The highest BCUT2D eigenvalue weighted by molar-refractivity contribution is 7.09. The second-order valence-electron chi connectivity index (χ2n) is 5.07. The number of hydrogen-bond donors (Lipinski definition) is 2. The second kappa shape index (κ2) is 8.36. The summed E-state index contributed by atoms with van der Waals surface area (Å²) < 4.78 is 5.63. The lowest BCUT2D eigenvalue weighted by molar-refractivity contribution is -0.122. The van der Waals surface area contributed by atoms with Gasteiger partial charge in [-0.25, -0.2) is 0 Å². The standard InChI is InChI=1S/C14H23N3O2S/c1-17(10-12-9-15-6-7-19-12)11-14(18)16-5-4-13-3-2-8-20-13/h2-3,8,12,15H,4-7,9-11H2,1H3,(H,16,18). The quantitative estimate of drug-likeness (QED) is 0.761. The van der Waals surface area contributed by atoms with Gasteiger partial charge in [0.1, 0.15) is 0 Å². The summed E-state index contributed by atoms with van der Waals surface area (Å²) in [7, 11) is 1.96. The van der Waals surface area contributed by atoms with Crippen molar-refractivity contribution >= 4 is 17.2 Å². The molecule has 0 aromatic carbocycles. The summed E-state index contributed by atoms with van der Waals surface area (Å²) in [5.74, 6) is 0.0767. The number of amides is 1. The predicted molar refractivity (Wildman–Crippen MR) is 81.1 cm³/mol. The summed E-state index contributed by atoms with van der Waals surface area (Å²) in [4.78, 5) is 15.1. The number of thiophene rings is 1. The molecule has 6 heteroatoms. The van der Waals surface area contributed by atoms with E-state index in [0.717, 1.165) is 32.7 Å². The molecular weight excluding hydrogens is 274 g/mol. The van der Waals surface area contributed by atoms with Gasteiger partial charge in [-0.15, -0.1) is 11.3 Å². The topological polar surface area (TPSA) is 53.6 Å². The van der Waals surface area contributed by atoms with Crippen molar-refractivity contribution < 1.29 is 9.53 Å². The lowest BCUT2D eigenvalue weighted by Gasteiger charge is -2.27. The van der Waals surface area contributed by atoms with Crippen LogP contribution in [0.15, 0.2) is 17.5 Å². The molecule has 1 aromatic heterocycles. The summed E-state index contributed by atoms with van der Waals surface area (Å²) in [6, 6.07) is 4.13. The van der Waals surface area contributed by atoms with E-state index >= 15 is 0 Å².